The van der Waals surface area contributed by atoms with E-state index in [2.05, 4.69) is 24.9 Å². The van der Waals surface area contributed by atoms with Gasteiger partial charge in [0, 0.05) is 22.7 Å². The molecule has 0 radical (unpaired) electrons. The number of amides is 1. The van der Waals surface area contributed by atoms with E-state index < -0.39 is 5.54 Å². The van der Waals surface area contributed by atoms with Crippen molar-refractivity contribution in [1.29, 1.82) is 0 Å². The molecule has 2 N–H and O–H groups in total. The monoisotopic (exact) mass is 401 g/mol. The van der Waals surface area contributed by atoms with Gasteiger partial charge in [0.2, 0.25) is 0 Å². The smallest absolute Gasteiger partial charge is 0.261 e. The van der Waals surface area contributed by atoms with E-state index in [1.54, 1.807) is 19.2 Å². The zero-order valence-electron chi connectivity index (χ0n) is 15.5. The maximum absolute atomic E-state index is 13.2. The number of hydrogen-bond acceptors (Lipinski definition) is 3. The van der Waals surface area contributed by atoms with Gasteiger partial charge in [-0.1, -0.05) is 49.2 Å². The molecule has 1 aliphatic carbocycles. The second-order valence-corrected chi connectivity index (χ2v) is 9.05. The summed E-state index contributed by atoms with van der Waals surface area (Å²) < 4.78 is 0. The lowest BCUT2D eigenvalue weighted by molar-refractivity contribution is -0.132. The molecule has 140 valence electrons. The maximum atomic E-state index is 13.2. The predicted molar refractivity (Wildman–Crippen MR) is 110 cm³/mol. The third-order valence-corrected chi connectivity index (χ3v) is 6.07. The molecule has 2 aromatic carbocycles. The zero-order valence-corrected chi connectivity index (χ0v) is 17.0. The normalized spacial score (nSPS) is 23.5. The highest BCUT2D eigenvalue weighted by atomic mass is 35.5. The van der Waals surface area contributed by atoms with Crippen LogP contribution in [0.25, 0.3) is 11.1 Å². The summed E-state index contributed by atoms with van der Waals surface area (Å²) in [6, 6.07) is 11.5. The second-order valence-electron chi connectivity index (χ2n) is 8.21. The van der Waals surface area contributed by atoms with Gasteiger partial charge in [-0.05, 0) is 59.2 Å². The molecule has 27 heavy (non-hydrogen) atoms. The largest absolute Gasteiger partial charge is 0.369 e. The molecule has 1 spiro atoms. The summed E-state index contributed by atoms with van der Waals surface area (Å²) in [6.07, 6.45) is 1.49. The Balaban J connectivity index is 1.95. The van der Waals surface area contributed by atoms with Crippen molar-refractivity contribution < 1.29 is 4.79 Å². The Kier molecular flexibility index (Phi) is 4.06. The van der Waals surface area contributed by atoms with Gasteiger partial charge in [-0.25, -0.2) is 4.99 Å². The van der Waals surface area contributed by atoms with E-state index in [0.717, 1.165) is 28.7 Å². The molecule has 0 aromatic heterocycles. The molecule has 1 heterocycles. The van der Waals surface area contributed by atoms with E-state index in [4.69, 9.17) is 28.9 Å². The number of carbonyl (C=O) groups excluding carboxylic acids is 1. The van der Waals surface area contributed by atoms with Crippen LogP contribution < -0.4 is 5.73 Å². The van der Waals surface area contributed by atoms with Crippen LogP contribution in [0.15, 0.2) is 41.4 Å². The average molecular weight is 402 g/mol. The number of nitrogens with two attached hydrogens (primary N) is 1. The molecule has 1 amide bonds. The van der Waals surface area contributed by atoms with Crippen LogP contribution in [0, 0.1) is 5.41 Å². The summed E-state index contributed by atoms with van der Waals surface area (Å²) in [5.74, 6) is 0.179. The van der Waals surface area contributed by atoms with Crippen molar-refractivity contribution >= 4 is 35.1 Å². The van der Waals surface area contributed by atoms with Crippen LogP contribution in [0.3, 0.4) is 0 Å². The second kappa shape index (κ2) is 5.98. The number of likely N-dealkylation sites (N-methyl/N-ethyl adjacent to an activating group) is 1. The first kappa shape index (κ1) is 18.3. The summed E-state index contributed by atoms with van der Waals surface area (Å²) in [6.45, 7) is 4.33. The minimum Gasteiger partial charge on any atom is -0.369 e. The lowest BCUT2D eigenvalue weighted by Gasteiger charge is -2.41. The number of hydrogen-bond donors (Lipinski definition) is 1. The Hall–Kier alpha value is -2.04. The molecule has 2 aliphatic rings. The summed E-state index contributed by atoms with van der Waals surface area (Å²) in [4.78, 5) is 19.3. The third-order valence-electron chi connectivity index (χ3n) is 5.51. The first-order valence-corrected chi connectivity index (χ1v) is 9.61. The molecule has 0 saturated heterocycles. The molecule has 4 nitrogen and oxygen atoms in total. The van der Waals surface area contributed by atoms with Crippen molar-refractivity contribution in [2.45, 2.75) is 32.2 Å². The number of benzene rings is 2. The van der Waals surface area contributed by atoms with Crippen LogP contribution in [0.1, 0.15) is 31.4 Å². The number of aliphatic imine (C=N–C) groups is 1. The first-order chi connectivity index (χ1) is 12.6. The molecule has 0 fully saturated rings. The Morgan fingerprint density at radius 2 is 1.89 bits per heavy atom. The SMILES string of the molecule is CN1C(=O)C2(CC(C)(C)Cc3ccc(-c4cc(Cl)ccc4Cl)cc32)N=C1N. The Bertz CT molecular complexity index is 999. The van der Waals surface area contributed by atoms with Crippen molar-refractivity contribution in [1.82, 2.24) is 4.90 Å². The Labute approximate surface area is 169 Å². The van der Waals surface area contributed by atoms with Crippen LogP contribution in [0.5, 0.6) is 0 Å². The highest BCUT2D eigenvalue weighted by Gasteiger charge is 2.54. The molecule has 6 heteroatoms. The van der Waals surface area contributed by atoms with Gasteiger partial charge in [-0.2, -0.15) is 0 Å². The summed E-state index contributed by atoms with van der Waals surface area (Å²) in [5.41, 5.74) is 8.77. The highest BCUT2D eigenvalue weighted by Crippen LogP contribution is 2.50. The van der Waals surface area contributed by atoms with Gasteiger partial charge in [-0.3, -0.25) is 9.69 Å². The van der Waals surface area contributed by atoms with Crippen molar-refractivity contribution in [2.24, 2.45) is 16.1 Å². The van der Waals surface area contributed by atoms with Gasteiger partial charge < -0.3 is 5.73 Å². The van der Waals surface area contributed by atoms with Gasteiger partial charge in [0.1, 0.15) is 0 Å². The zero-order chi connectivity index (χ0) is 19.6. The minimum atomic E-state index is -0.975. The van der Waals surface area contributed by atoms with Crippen LogP contribution in [0.2, 0.25) is 10.0 Å². The van der Waals surface area contributed by atoms with E-state index >= 15 is 0 Å². The standard InChI is InChI=1S/C21H21Cl2N3O/c1-20(2)10-13-5-4-12(15-9-14(22)6-7-17(15)23)8-16(13)21(11-20)18(27)26(3)19(24)25-21/h4-9H,10-11H2,1-3H3,(H2,24,25). The lowest BCUT2D eigenvalue weighted by atomic mass is 9.65. The minimum absolute atomic E-state index is 0.0627. The molecular formula is C21H21Cl2N3O. The fourth-order valence-corrected chi connectivity index (χ4v) is 4.76. The van der Waals surface area contributed by atoms with Gasteiger partial charge in [0.05, 0.1) is 0 Å². The Morgan fingerprint density at radius 3 is 2.56 bits per heavy atom. The van der Waals surface area contributed by atoms with Gasteiger partial charge in [-0.15, -0.1) is 0 Å². The van der Waals surface area contributed by atoms with Gasteiger partial charge >= 0.3 is 0 Å². The lowest BCUT2D eigenvalue weighted by Crippen LogP contribution is -2.46. The van der Waals surface area contributed by atoms with E-state index in [-0.39, 0.29) is 17.3 Å². The Morgan fingerprint density at radius 1 is 1.15 bits per heavy atom. The topological polar surface area (TPSA) is 58.7 Å². The number of rotatable bonds is 1. The average Bonchev–Trinajstić information content (AvgIpc) is 2.80. The number of halogens is 2. The van der Waals surface area contributed by atoms with E-state index in [1.807, 2.05) is 18.2 Å². The fourth-order valence-electron chi connectivity index (χ4n) is 4.36. The van der Waals surface area contributed by atoms with Crippen molar-refractivity contribution in [2.75, 3.05) is 7.05 Å². The molecule has 1 aliphatic heterocycles. The predicted octanol–water partition coefficient (Wildman–Crippen LogP) is 4.61. The number of nitrogens with zero attached hydrogens (tertiary/aromatic N) is 2. The summed E-state index contributed by atoms with van der Waals surface area (Å²) >= 11 is 12.6. The van der Waals surface area contributed by atoms with Crippen LogP contribution in [-0.4, -0.2) is 23.8 Å². The highest BCUT2D eigenvalue weighted by molar-refractivity contribution is 6.35. The third kappa shape index (κ3) is 2.82. The molecule has 0 bridgehead atoms. The van der Waals surface area contributed by atoms with E-state index in [0.29, 0.717) is 16.5 Å². The molecule has 0 saturated carbocycles. The molecular weight excluding hydrogens is 381 g/mol. The first-order valence-electron chi connectivity index (χ1n) is 8.85. The maximum Gasteiger partial charge on any atom is 0.261 e. The van der Waals surface area contributed by atoms with Crippen molar-refractivity contribution in [3.05, 3.63) is 57.6 Å². The summed E-state index contributed by atoms with van der Waals surface area (Å²) in [5, 5.41) is 1.23. The number of guanidine groups is 1. The molecule has 4 rings (SSSR count). The molecule has 1 unspecified atom stereocenters. The van der Waals surface area contributed by atoms with Crippen LogP contribution in [0.4, 0.5) is 0 Å². The quantitative estimate of drug-likeness (QED) is 0.757. The fraction of sp³-hybridized carbons (Fsp3) is 0.333. The van der Waals surface area contributed by atoms with Crippen LogP contribution >= 0.6 is 23.2 Å². The van der Waals surface area contributed by atoms with E-state index in [1.165, 1.54) is 4.90 Å². The van der Waals surface area contributed by atoms with Crippen molar-refractivity contribution in [3.8, 4) is 11.1 Å². The molecule has 1 atom stereocenters. The molecule has 2 aromatic rings. The van der Waals surface area contributed by atoms with E-state index in [9.17, 15) is 4.79 Å². The number of carbonyl (C=O) groups is 1. The van der Waals surface area contributed by atoms with Gasteiger partial charge in [0.15, 0.2) is 11.5 Å². The van der Waals surface area contributed by atoms with Gasteiger partial charge in [0.25, 0.3) is 5.91 Å². The van der Waals surface area contributed by atoms with Crippen molar-refractivity contribution in [3.63, 3.8) is 0 Å². The number of fused-ring (bicyclic) bond motifs is 2. The summed E-state index contributed by atoms with van der Waals surface area (Å²) in [7, 11) is 1.68. The van der Waals surface area contributed by atoms with Crippen LogP contribution in [-0.2, 0) is 16.8 Å².